The molecule has 2 aliphatic carbocycles. The van der Waals surface area contributed by atoms with Crippen molar-refractivity contribution in [1.29, 1.82) is 0 Å². The van der Waals surface area contributed by atoms with Crippen LogP contribution in [-0.4, -0.2) is 22.1 Å². The van der Waals surface area contributed by atoms with E-state index < -0.39 is 0 Å². The highest BCUT2D eigenvalue weighted by atomic mass is 16.5. The molecule has 0 spiro atoms. The Labute approximate surface area is 142 Å². The van der Waals surface area contributed by atoms with E-state index >= 15 is 0 Å². The van der Waals surface area contributed by atoms with Crippen molar-refractivity contribution in [2.75, 3.05) is 0 Å². The van der Waals surface area contributed by atoms with E-state index in [1.54, 1.807) is 0 Å². The average Bonchev–Trinajstić information content (AvgIpc) is 2.88. The highest BCUT2D eigenvalue weighted by molar-refractivity contribution is 6.04. The Morgan fingerprint density at radius 2 is 1.79 bits per heavy atom. The number of fused-ring (bicyclic) bond motifs is 4. The van der Waals surface area contributed by atoms with Gasteiger partial charge >= 0.3 is 0 Å². The number of phenolic OH excluding ortho intramolecular Hbond substituents is 2. The summed E-state index contributed by atoms with van der Waals surface area (Å²) in [5.41, 5.74) is 1.29. The minimum atomic E-state index is -0.309. The fourth-order valence-corrected chi connectivity index (χ4v) is 5.64. The minimum Gasteiger partial charge on any atom is -0.507 e. The highest BCUT2D eigenvalue weighted by Crippen LogP contribution is 2.62. The lowest BCUT2D eigenvalue weighted by molar-refractivity contribution is 0.0351. The molecule has 0 saturated heterocycles. The van der Waals surface area contributed by atoms with Crippen molar-refractivity contribution >= 4 is 5.78 Å². The van der Waals surface area contributed by atoms with Crippen molar-refractivity contribution < 1.29 is 19.7 Å². The zero-order valence-electron chi connectivity index (χ0n) is 14.9. The quantitative estimate of drug-likeness (QED) is 0.703. The van der Waals surface area contributed by atoms with Gasteiger partial charge in [-0.15, -0.1) is 0 Å². The van der Waals surface area contributed by atoms with E-state index in [0.29, 0.717) is 35.3 Å². The second-order valence-electron chi connectivity index (χ2n) is 8.83. The van der Waals surface area contributed by atoms with Crippen LogP contribution in [-0.2, 0) is 11.8 Å². The summed E-state index contributed by atoms with van der Waals surface area (Å²) in [6.45, 7) is 8.49. The molecule has 1 aromatic carbocycles. The second-order valence-corrected chi connectivity index (χ2v) is 8.83. The Bertz CT molecular complexity index is 749. The normalized spacial score (nSPS) is 33.4. The monoisotopic (exact) mass is 330 g/mol. The molecule has 4 heteroatoms. The minimum absolute atomic E-state index is 0.0372. The zero-order chi connectivity index (χ0) is 17.4. The number of Topliss-reactive ketones (excluding diaryl/α,β-unsaturated/α-hetero) is 1. The van der Waals surface area contributed by atoms with Crippen LogP contribution in [0.3, 0.4) is 0 Å². The maximum Gasteiger partial charge on any atom is 0.168 e. The van der Waals surface area contributed by atoms with Crippen LogP contribution < -0.4 is 4.74 Å². The van der Waals surface area contributed by atoms with Gasteiger partial charge in [-0.05, 0) is 31.1 Å². The lowest BCUT2D eigenvalue weighted by Gasteiger charge is -2.53. The largest absolute Gasteiger partial charge is 0.507 e. The summed E-state index contributed by atoms with van der Waals surface area (Å²) in [5.74, 6) is 0.630. The first-order chi connectivity index (χ1) is 11.2. The fraction of sp³-hybridized carbons (Fsp3) is 0.650. The number of hydrogen-bond acceptors (Lipinski definition) is 4. The van der Waals surface area contributed by atoms with Crippen LogP contribution in [0.15, 0.2) is 0 Å². The average molecular weight is 330 g/mol. The van der Waals surface area contributed by atoms with Gasteiger partial charge < -0.3 is 14.9 Å². The van der Waals surface area contributed by atoms with E-state index in [-0.39, 0.29) is 40.1 Å². The van der Waals surface area contributed by atoms with Crippen molar-refractivity contribution in [1.82, 2.24) is 0 Å². The molecule has 3 atom stereocenters. The summed E-state index contributed by atoms with van der Waals surface area (Å²) in [7, 11) is 0. The first-order valence-corrected chi connectivity index (χ1v) is 8.98. The Morgan fingerprint density at radius 1 is 1.08 bits per heavy atom. The number of rotatable bonds is 0. The maximum atomic E-state index is 12.9. The lowest BCUT2D eigenvalue weighted by Crippen LogP contribution is -2.49. The number of carbonyl (C=O) groups excluding carboxylic acids is 1. The predicted octanol–water partition coefficient (Wildman–Crippen LogP) is 4.09. The van der Waals surface area contributed by atoms with Gasteiger partial charge in [-0.25, -0.2) is 0 Å². The molecule has 3 aliphatic rings. The summed E-state index contributed by atoms with van der Waals surface area (Å²) < 4.78 is 5.78. The smallest absolute Gasteiger partial charge is 0.168 e. The molecule has 0 bridgehead atoms. The van der Waals surface area contributed by atoms with Gasteiger partial charge in [-0.2, -0.15) is 0 Å². The molecule has 24 heavy (non-hydrogen) atoms. The van der Waals surface area contributed by atoms with Crippen molar-refractivity contribution in [3.05, 3.63) is 16.7 Å². The van der Waals surface area contributed by atoms with Gasteiger partial charge in [0.05, 0.1) is 5.56 Å². The van der Waals surface area contributed by atoms with Crippen molar-refractivity contribution in [2.45, 2.75) is 71.3 Å². The molecule has 1 saturated carbocycles. The third-order valence-electron chi connectivity index (χ3n) is 6.78. The molecule has 4 rings (SSSR count). The molecule has 1 aromatic rings. The van der Waals surface area contributed by atoms with Crippen molar-refractivity contribution in [3.8, 4) is 17.2 Å². The fourth-order valence-electron chi connectivity index (χ4n) is 5.64. The Balaban J connectivity index is 2.01. The molecule has 1 aliphatic heterocycles. The summed E-state index contributed by atoms with van der Waals surface area (Å²) in [4.78, 5) is 12.9. The van der Waals surface area contributed by atoms with Gasteiger partial charge in [0.25, 0.3) is 0 Å². The standard InChI is InChI=1S/C20H26O4/c1-10-8-11-16(22)14-12(21)9-13-19(2,3)6-5-7-20(13,4)15(14)17(23)18(11)24-10/h10,13,22-23H,5-9H2,1-4H3/t10-,13-,20-/m0/s1. The zero-order valence-corrected chi connectivity index (χ0v) is 14.9. The summed E-state index contributed by atoms with van der Waals surface area (Å²) in [5, 5.41) is 21.8. The topological polar surface area (TPSA) is 66.8 Å². The molecular formula is C20H26O4. The van der Waals surface area contributed by atoms with E-state index in [0.717, 1.165) is 19.3 Å². The number of phenols is 2. The molecule has 0 amide bonds. The van der Waals surface area contributed by atoms with Gasteiger partial charge in [0.15, 0.2) is 17.3 Å². The molecule has 1 heterocycles. The number of carbonyl (C=O) groups is 1. The molecule has 130 valence electrons. The number of ketones is 1. The van der Waals surface area contributed by atoms with Crippen LogP contribution in [0.2, 0.25) is 0 Å². The number of ether oxygens (including phenoxy) is 1. The summed E-state index contributed by atoms with van der Waals surface area (Å²) in [6.07, 6.45) is 3.94. The molecule has 4 nitrogen and oxygen atoms in total. The van der Waals surface area contributed by atoms with E-state index in [1.807, 2.05) is 6.92 Å². The molecule has 0 unspecified atom stereocenters. The number of aromatic hydroxyl groups is 2. The van der Waals surface area contributed by atoms with Gasteiger partial charge in [-0.3, -0.25) is 4.79 Å². The first kappa shape index (κ1) is 15.8. The second kappa shape index (κ2) is 4.68. The predicted molar refractivity (Wildman–Crippen MR) is 91.0 cm³/mol. The molecular weight excluding hydrogens is 304 g/mol. The van der Waals surface area contributed by atoms with E-state index in [1.165, 1.54) is 0 Å². The van der Waals surface area contributed by atoms with Crippen molar-refractivity contribution in [3.63, 3.8) is 0 Å². The van der Waals surface area contributed by atoms with Crippen LogP contribution in [0.25, 0.3) is 0 Å². The molecule has 2 N–H and O–H groups in total. The Morgan fingerprint density at radius 3 is 2.50 bits per heavy atom. The van der Waals surface area contributed by atoms with Crippen LogP contribution in [0, 0.1) is 11.3 Å². The van der Waals surface area contributed by atoms with Gasteiger partial charge in [-0.1, -0.05) is 27.2 Å². The van der Waals surface area contributed by atoms with Gasteiger partial charge in [0.1, 0.15) is 11.9 Å². The molecule has 0 radical (unpaired) electrons. The third-order valence-corrected chi connectivity index (χ3v) is 6.78. The van der Waals surface area contributed by atoms with Crippen LogP contribution in [0.1, 0.15) is 74.9 Å². The summed E-state index contributed by atoms with van der Waals surface area (Å²) >= 11 is 0. The Kier molecular flexibility index (Phi) is 3.08. The summed E-state index contributed by atoms with van der Waals surface area (Å²) in [6, 6.07) is 0. The Hall–Kier alpha value is -1.71. The maximum absolute atomic E-state index is 12.9. The SMILES string of the molecule is C[C@H]1Cc2c(O)c3c(c(O)c2O1)[C@@]1(C)CCCC(C)(C)[C@@H]1CC3=O. The van der Waals surface area contributed by atoms with Gasteiger partial charge in [0.2, 0.25) is 0 Å². The number of benzene rings is 1. The van der Waals surface area contributed by atoms with E-state index in [4.69, 9.17) is 4.74 Å². The molecule has 1 fully saturated rings. The van der Waals surface area contributed by atoms with E-state index in [9.17, 15) is 15.0 Å². The molecule has 0 aromatic heterocycles. The van der Waals surface area contributed by atoms with Crippen LogP contribution in [0.4, 0.5) is 0 Å². The van der Waals surface area contributed by atoms with E-state index in [2.05, 4.69) is 20.8 Å². The van der Waals surface area contributed by atoms with Crippen molar-refractivity contribution in [2.24, 2.45) is 11.3 Å². The van der Waals surface area contributed by atoms with Gasteiger partial charge in [0, 0.05) is 29.4 Å². The lowest BCUT2D eigenvalue weighted by atomic mass is 9.50. The van der Waals surface area contributed by atoms with Crippen LogP contribution in [0.5, 0.6) is 17.2 Å². The highest BCUT2D eigenvalue weighted by Gasteiger charge is 2.55. The first-order valence-electron chi connectivity index (χ1n) is 8.98. The third kappa shape index (κ3) is 1.83. The van der Waals surface area contributed by atoms with Crippen LogP contribution >= 0.6 is 0 Å². The number of hydrogen-bond donors (Lipinski definition) is 2.